The molecule has 0 bridgehead atoms. The zero-order chi connectivity index (χ0) is 16.8. The number of alkyl halides is 3. The Balaban J connectivity index is 1.67. The summed E-state index contributed by atoms with van der Waals surface area (Å²) in [5.41, 5.74) is 0.639. The van der Waals surface area contributed by atoms with Crippen molar-refractivity contribution in [1.82, 2.24) is 9.80 Å². The Hall–Kier alpha value is -2.09. The first-order valence-corrected chi connectivity index (χ1v) is 7.13. The van der Waals surface area contributed by atoms with E-state index in [0.29, 0.717) is 25.2 Å². The lowest BCUT2D eigenvalue weighted by atomic mass is 10.00. The van der Waals surface area contributed by atoms with Crippen LogP contribution in [-0.2, 0) is 16.1 Å². The topological polar surface area (TPSA) is 49.9 Å². The minimum absolute atomic E-state index is 0.184. The van der Waals surface area contributed by atoms with Crippen molar-refractivity contribution in [2.45, 2.75) is 12.9 Å². The molecule has 0 saturated carbocycles. The summed E-state index contributed by atoms with van der Waals surface area (Å²) < 4.78 is 40.6. The van der Waals surface area contributed by atoms with E-state index in [4.69, 9.17) is 0 Å². The molecule has 1 aromatic carbocycles. The Kier molecular flexibility index (Phi) is 3.79. The van der Waals surface area contributed by atoms with Crippen LogP contribution < -0.4 is 4.74 Å². The zero-order valence-electron chi connectivity index (χ0n) is 12.3. The molecular formula is C15H15F3N2O3. The molecule has 2 fully saturated rings. The lowest BCUT2D eigenvalue weighted by Crippen LogP contribution is -2.32. The number of carbonyl (C=O) groups excluding carboxylic acids is 2. The van der Waals surface area contributed by atoms with Crippen LogP contribution in [0.3, 0.4) is 0 Å². The molecule has 2 atom stereocenters. The molecule has 0 aromatic heterocycles. The summed E-state index contributed by atoms with van der Waals surface area (Å²) in [5.74, 6) is -1.33. The van der Waals surface area contributed by atoms with Crippen LogP contribution in [0.15, 0.2) is 24.3 Å². The van der Waals surface area contributed by atoms with Gasteiger partial charge in [-0.25, -0.2) is 0 Å². The molecule has 23 heavy (non-hydrogen) atoms. The van der Waals surface area contributed by atoms with Gasteiger partial charge in [0.2, 0.25) is 11.8 Å². The molecule has 1 aromatic rings. The van der Waals surface area contributed by atoms with Crippen LogP contribution in [0.4, 0.5) is 13.2 Å². The minimum Gasteiger partial charge on any atom is -0.406 e. The molecule has 2 aliphatic heterocycles. The smallest absolute Gasteiger partial charge is 0.406 e. The molecule has 0 N–H and O–H groups in total. The lowest BCUT2D eigenvalue weighted by Gasteiger charge is -2.19. The molecular weight excluding hydrogens is 313 g/mol. The summed E-state index contributed by atoms with van der Waals surface area (Å²) in [4.78, 5) is 26.9. The highest BCUT2D eigenvalue weighted by molar-refractivity contribution is 6.05. The van der Waals surface area contributed by atoms with Gasteiger partial charge in [0.25, 0.3) is 0 Å². The largest absolute Gasteiger partial charge is 0.573 e. The quantitative estimate of drug-likeness (QED) is 0.792. The van der Waals surface area contributed by atoms with Crippen molar-refractivity contribution >= 4 is 11.8 Å². The Morgan fingerprint density at radius 2 is 1.78 bits per heavy atom. The maximum atomic E-state index is 12.2. The minimum atomic E-state index is -4.73. The van der Waals surface area contributed by atoms with Gasteiger partial charge in [-0.05, 0) is 17.7 Å². The summed E-state index contributed by atoms with van der Waals surface area (Å²) >= 11 is 0. The van der Waals surface area contributed by atoms with Gasteiger partial charge >= 0.3 is 6.36 Å². The predicted molar refractivity (Wildman–Crippen MR) is 73.2 cm³/mol. The van der Waals surface area contributed by atoms with Gasteiger partial charge < -0.3 is 4.74 Å². The standard InChI is InChI=1S/C15H15F3N2O3/c1-19-13(21)11-7-20(8-12(11)14(19)22)6-9-3-2-4-10(5-9)23-15(16,17)18/h2-5,11-12H,6-8H2,1H3/t11-,12+. The number of ether oxygens (including phenoxy) is 1. The fourth-order valence-corrected chi connectivity index (χ4v) is 3.22. The third kappa shape index (κ3) is 3.17. The number of benzene rings is 1. The number of hydrogen-bond acceptors (Lipinski definition) is 4. The van der Waals surface area contributed by atoms with Gasteiger partial charge in [0.05, 0.1) is 11.8 Å². The monoisotopic (exact) mass is 328 g/mol. The second kappa shape index (κ2) is 5.52. The number of carbonyl (C=O) groups is 2. The molecule has 2 saturated heterocycles. The van der Waals surface area contributed by atoms with Gasteiger partial charge in [0.15, 0.2) is 0 Å². The SMILES string of the molecule is CN1C(=O)[C@H]2CN(Cc3cccc(OC(F)(F)F)c3)C[C@H]2C1=O. The van der Waals surface area contributed by atoms with Crippen molar-refractivity contribution in [2.75, 3.05) is 20.1 Å². The molecule has 0 radical (unpaired) electrons. The molecule has 8 heteroatoms. The van der Waals surface area contributed by atoms with Gasteiger partial charge in [0.1, 0.15) is 5.75 Å². The van der Waals surface area contributed by atoms with Crippen LogP contribution in [0, 0.1) is 11.8 Å². The van der Waals surface area contributed by atoms with E-state index in [-0.39, 0.29) is 29.4 Å². The number of fused-ring (bicyclic) bond motifs is 1. The van der Waals surface area contributed by atoms with Crippen molar-refractivity contribution in [3.63, 3.8) is 0 Å². The van der Waals surface area contributed by atoms with Crippen LogP contribution in [0.1, 0.15) is 5.56 Å². The third-order valence-electron chi connectivity index (χ3n) is 4.23. The van der Waals surface area contributed by atoms with Crippen LogP contribution in [0.25, 0.3) is 0 Å². The second-order valence-electron chi connectivity index (χ2n) is 5.84. The molecule has 0 unspecified atom stereocenters. The maximum absolute atomic E-state index is 12.2. The summed E-state index contributed by atoms with van der Waals surface area (Å²) in [5, 5.41) is 0. The van der Waals surface area contributed by atoms with Crippen molar-refractivity contribution in [1.29, 1.82) is 0 Å². The zero-order valence-corrected chi connectivity index (χ0v) is 12.3. The Labute approximate surface area is 130 Å². The molecule has 2 aliphatic rings. The third-order valence-corrected chi connectivity index (χ3v) is 4.23. The fourth-order valence-electron chi connectivity index (χ4n) is 3.22. The van der Waals surface area contributed by atoms with Gasteiger partial charge in [-0.3, -0.25) is 19.4 Å². The van der Waals surface area contributed by atoms with E-state index in [2.05, 4.69) is 4.74 Å². The van der Waals surface area contributed by atoms with Crippen molar-refractivity contribution in [3.8, 4) is 5.75 Å². The highest BCUT2D eigenvalue weighted by Crippen LogP contribution is 2.33. The van der Waals surface area contributed by atoms with Gasteiger partial charge in [-0.2, -0.15) is 0 Å². The molecule has 0 aliphatic carbocycles. The lowest BCUT2D eigenvalue weighted by molar-refractivity contribution is -0.274. The van der Waals surface area contributed by atoms with Crippen LogP contribution in [-0.4, -0.2) is 48.1 Å². The summed E-state index contributed by atoms with van der Waals surface area (Å²) in [7, 11) is 1.48. The number of rotatable bonds is 3. The first-order chi connectivity index (χ1) is 10.7. The number of amides is 2. The summed E-state index contributed by atoms with van der Waals surface area (Å²) in [6.07, 6.45) is -4.73. The summed E-state index contributed by atoms with van der Waals surface area (Å²) in [6, 6.07) is 5.72. The predicted octanol–water partition coefficient (Wildman–Crippen LogP) is 1.63. The van der Waals surface area contributed by atoms with Crippen LogP contribution in [0.5, 0.6) is 5.75 Å². The van der Waals surface area contributed by atoms with E-state index in [1.165, 1.54) is 25.2 Å². The normalized spacial score (nSPS) is 25.1. The molecule has 124 valence electrons. The number of imide groups is 1. The molecule has 0 spiro atoms. The number of hydrogen-bond donors (Lipinski definition) is 0. The van der Waals surface area contributed by atoms with Gasteiger partial charge in [-0.15, -0.1) is 13.2 Å². The van der Waals surface area contributed by atoms with Crippen molar-refractivity contribution in [3.05, 3.63) is 29.8 Å². The van der Waals surface area contributed by atoms with E-state index < -0.39 is 6.36 Å². The number of nitrogens with zero attached hydrogens (tertiary/aromatic N) is 2. The first kappa shape index (κ1) is 15.8. The molecule has 5 nitrogen and oxygen atoms in total. The Bertz CT molecular complexity index is 623. The van der Waals surface area contributed by atoms with E-state index in [1.54, 1.807) is 6.07 Å². The first-order valence-electron chi connectivity index (χ1n) is 7.13. The van der Waals surface area contributed by atoms with Crippen molar-refractivity contribution in [2.24, 2.45) is 11.8 Å². The average molecular weight is 328 g/mol. The van der Waals surface area contributed by atoms with Gasteiger partial charge in [-0.1, -0.05) is 12.1 Å². The molecule has 2 heterocycles. The Morgan fingerprint density at radius 1 is 1.17 bits per heavy atom. The van der Waals surface area contributed by atoms with E-state index in [0.717, 1.165) is 4.90 Å². The van der Waals surface area contributed by atoms with Crippen molar-refractivity contribution < 1.29 is 27.5 Å². The highest BCUT2D eigenvalue weighted by atomic mass is 19.4. The average Bonchev–Trinajstić information content (AvgIpc) is 2.94. The Morgan fingerprint density at radius 3 is 2.35 bits per heavy atom. The van der Waals surface area contributed by atoms with Gasteiger partial charge in [0, 0.05) is 26.7 Å². The van der Waals surface area contributed by atoms with Crippen LogP contribution in [0.2, 0.25) is 0 Å². The number of halogens is 3. The highest BCUT2D eigenvalue weighted by Gasteiger charge is 2.50. The van der Waals surface area contributed by atoms with E-state index in [1.807, 2.05) is 4.90 Å². The second-order valence-corrected chi connectivity index (χ2v) is 5.84. The van der Waals surface area contributed by atoms with E-state index >= 15 is 0 Å². The summed E-state index contributed by atoms with van der Waals surface area (Å²) in [6.45, 7) is 1.24. The van der Waals surface area contributed by atoms with Crippen LogP contribution >= 0.6 is 0 Å². The maximum Gasteiger partial charge on any atom is 0.573 e. The van der Waals surface area contributed by atoms with E-state index in [9.17, 15) is 22.8 Å². The fraction of sp³-hybridized carbons (Fsp3) is 0.467. The molecule has 3 rings (SSSR count). The number of likely N-dealkylation sites (tertiary alicyclic amines) is 2. The molecule has 2 amide bonds.